The standard InChI is InChI=1S/C25H25F5N8/c26-19-3-2-15(10-18(19)25(28,29)30)21-13-38(9-8-36-5-1-6-36)24(35-21)16-4-7-37(12-20(16)27)23-17(11-31)22(32)33-14-34-23/h2-3,10,13-14,16,20H,1,4-9,12H2,(H2,32,33,34). The van der Waals surface area contributed by atoms with E-state index in [-0.39, 0.29) is 35.0 Å². The maximum Gasteiger partial charge on any atom is 0.419 e. The Morgan fingerprint density at radius 1 is 1.13 bits per heavy atom. The van der Waals surface area contributed by atoms with Crippen LogP contribution in [0.2, 0.25) is 0 Å². The zero-order chi connectivity index (χ0) is 27.0. The highest BCUT2D eigenvalue weighted by Crippen LogP contribution is 2.37. The number of imidazole rings is 1. The quantitative estimate of drug-likeness (QED) is 0.480. The molecule has 2 unspecified atom stereocenters. The fourth-order valence-corrected chi connectivity index (χ4v) is 4.93. The van der Waals surface area contributed by atoms with Crippen LogP contribution in [-0.4, -0.2) is 63.3 Å². The lowest BCUT2D eigenvalue weighted by atomic mass is 9.93. The van der Waals surface area contributed by atoms with Crippen molar-refractivity contribution in [3.63, 3.8) is 0 Å². The van der Waals surface area contributed by atoms with Crippen LogP contribution >= 0.6 is 0 Å². The van der Waals surface area contributed by atoms with Gasteiger partial charge < -0.3 is 20.1 Å². The van der Waals surface area contributed by atoms with Crippen LogP contribution in [0.5, 0.6) is 0 Å². The highest BCUT2D eigenvalue weighted by atomic mass is 19.4. The molecule has 2 fully saturated rings. The maximum absolute atomic E-state index is 15.7. The first-order valence-corrected chi connectivity index (χ1v) is 12.2. The molecule has 5 rings (SSSR count). The summed E-state index contributed by atoms with van der Waals surface area (Å²) in [5.41, 5.74) is 4.81. The van der Waals surface area contributed by atoms with Gasteiger partial charge in [0.1, 0.15) is 41.6 Å². The van der Waals surface area contributed by atoms with Crippen molar-refractivity contribution in [1.82, 2.24) is 24.4 Å². The number of likely N-dealkylation sites (tertiary alicyclic amines) is 1. The van der Waals surface area contributed by atoms with E-state index < -0.39 is 29.6 Å². The van der Waals surface area contributed by atoms with Crippen LogP contribution in [0.15, 0.2) is 30.7 Å². The zero-order valence-corrected chi connectivity index (χ0v) is 20.3. The largest absolute Gasteiger partial charge is 0.419 e. The Balaban J connectivity index is 1.44. The molecule has 0 aliphatic carbocycles. The smallest absolute Gasteiger partial charge is 0.382 e. The van der Waals surface area contributed by atoms with Crippen molar-refractivity contribution in [1.29, 1.82) is 5.26 Å². The lowest BCUT2D eigenvalue weighted by Crippen LogP contribution is -2.43. The van der Waals surface area contributed by atoms with Crippen LogP contribution in [0.1, 0.15) is 35.7 Å². The van der Waals surface area contributed by atoms with Gasteiger partial charge in [0, 0.05) is 31.4 Å². The summed E-state index contributed by atoms with van der Waals surface area (Å²) in [4.78, 5) is 16.4. The normalized spacial score (nSPS) is 20.3. The van der Waals surface area contributed by atoms with E-state index in [9.17, 15) is 22.8 Å². The Hall–Kier alpha value is -3.79. The minimum atomic E-state index is -4.85. The molecule has 2 aliphatic rings. The molecular weight excluding hydrogens is 507 g/mol. The second-order valence-corrected chi connectivity index (χ2v) is 9.49. The molecule has 8 nitrogen and oxygen atoms in total. The number of hydrogen-bond donors (Lipinski definition) is 1. The number of aromatic nitrogens is 4. The number of nitrogens with zero attached hydrogens (tertiary/aromatic N) is 7. The average molecular weight is 533 g/mol. The van der Waals surface area contributed by atoms with Crippen LogP contribution in [0.25, 0.3) is 11.3 Å². The Morgan fingerprint density at radius 3 is 2.58 bits per heavy atom. The van der Waals surface area contributed by atoms with E-state index in [1.165, 1.54) is 12.4 Å². The summed E-state index contributed by atoms with van der Waals surface area (Å²) < 4.78 is 71.3. The van der Waals surface area contributed by atoms with E-state index in [0.29, 0.717) is 31.9 Å². The summed E-state index contributed by atoms with van der Waals surface area (Å²) >= 11 is 0. The molecule has 200 valence electrons. The summed E-state index contributed by atoms with van der Waals surface area (Å²) in [6.45, 7) is 3.39. The van der Waals surface area contributed by atoms with E-state index in [0.717, 1.165) is 31.6 Å². The molecule has 0 radical (unpaired) electrons. The number of anilines is 2. The number of nitrogen functional groups attached to an aromatic ring is 1. The van der Waals surface area contributed by atoms with Crippen LogP contribution in [0, 0.1) is 17.1 Å². The van der Waals surface area contributed by atoms with Gasteiger partial charge in [0.2, 0.25) is 0 Å². The predicted molar refractivity (Wildman–Crippen MR) is 129 cm³/mol. The van der Waals surface area contributed by atoms with Gasteiger partial charge in [-0.2, -0.15) is 18.4 Å². The van der Waals surface area contributed by atoms with Crippen LogP contribution in [0.4, 0.5) is 33.6 Å². The topological polar surface area (TPSA) is 99.9 Å². The van der Waals surface area contributed by atoms with Gasteiger partial charge in [-0.05, 0) is 44.1 Å². The summed E-state index contributed by atoms with van der Waals surface area (Å²) in [5.74, 6) is -1.30. The first-order valence-electron chi connectivity index (χ1n) is 12.2. The molecule has 0 saturated carbocycles. The van der Waals surface area contributed by atoms with Crippen LogP contribution in [0.3, 0.4) is 0 Å². The minimum Gasteiger partial charge on any atom is -0.382 e. The van der Waals surface area contributed by atoms with E-state index in [2.05, 4.69) is 19.9 Å². The molecule has 0 amide bonds. The number of nitriles is 1. The molecule has 2 atom stereocenters. The molecular formula is C25H25F5N8. The van der Waals surface area contributed by atoms with E-state index in [4.69, 9.17) is 5.73 Å². The van der Waals surface area contributed by atoms with E-state index in [1.54, 1.807) is 15.7 Å². The van der Waals surface area contributed by atoms with Crippen molar-refractivity contribution in [3.8, 4) is 17.3 Å². The van der Waals surface area contributed by atoms with E-state index >= 15 is 4.39 Å². The van der Waals surface area contributed by atoms with Gasteiger partial charge in [0.15, 0.2) is 5.82 Å². The molecule has 2 aliphatic heterocycles. The molecule has 2 N–H and O–H groups in total. The Bertz CT molecular complexity index is 1360. The molecule has 13 heteroatoms. The molecule has 0 bridgehead atoms. The Labute approximate surface area is 215 Å². The second kappa shape index (κ2) is 10.2. The van der Waals surface area contributed by atoms with Gasteiger partial charge in [-0.25, -0.2) is 23.7 Å². The number of nitrogens with two attached hydrogens (primary N) is 1. The number of benzene rings is 1. The number of alkyl halides is 4. The van der Waals surface area contributed by atoms with Crippen LogP contribution in [-0.2, 0) is 12.7 Å². The molecule has 1 aromatic carbocycles. The van der Waals surface area contributed by atoms with Crippen LogP contribution < -0.4 is 10.6 Å². The lowest BCUT2D eigenvalue weighted by molar-refractivity contribution is -0.139. The summed E-state index contributed by atoms with van der Waals surface area (Å²) in [6, 6.07) is 4.72. The summed E-state index contributed by atoms with van der Waals surface area (Å²) in [6.07, 6.45) is -2.00. The average Bonchev–Trinajstić information content (AvgIpc) is 3.26. The third-order valence-electron chi connectivity index (χ3n) is 7.12. The molecule has 4 heterocycles. The molecule has 2 saturated heterocycles. The van der Waals surface area contributed by atoms with Crippen molar-refractivity contribution in [3.05, 3.63) is 53.5 Å². The minimum absolute atomic E-state index is 0.0127. The van der Waals surface area contributed by atoms with Gasteiger partial charge in [0.05, 0.1) is 23.7 Å². The molecule has 3 aromatic rings. The second-order valence-electron chi connectivity index (χ2n) is 9.49. The summed E-state index contributed by atoms with van der Waals surface area (Å²) in [5, 5.41) is 9.45. The van der Waals surface area contributed by atoms with Crippen molar-refractivity contribution >= 4 is 11.6 Å². The molecule has 0 spiro atoms. The SMILES string of the molecule is N#Cc1c(N)ncnc1N1CCC(c2nc(-c3ccc(F)c(C(F)(F)F)c3)cn2CCN2CCC2)C(F)C1. The van der Waals surface area contributed by atoms with Gasteiger partial charge in [-0.1, -0.05) is 0 Å². The fourth-order valence-electron chi connectivity index (χ4n) is 4.93. The number of piperidine rings is 1. The first kappa shape index (κ1) is 25.8. The van der Waals surface area contributed by atoms with Crippen molar-refractivity contribution in [2.24, 2.45) is 0 Å². The maximum atomic E-state index is 15.7. The Morgan fingerprint density at radius 2 is 1.92 bits per heavy atom. The highest BCUT2D eigenvalue weighted by Gasteiger charge is 2.37. The zero-order valence-electron chi connectivity index (χ0n) is 20.3. The predicted octanol–water partition coefficient (Wildman–Crippen LogP) is 3.99. The third kappa shape index (κ3) is 5.00. The fraction of sp³-hybridized carbons (Fsp3) is 0.440. The molecule has 2 aromatic heterocycles. The third-order valence-corrected chi connectivity index (χ3v) is 7.12. The van der Waals surface area contributed by atoms with Gasteiger partial charge >= 0.3 is 6.18 Å². The number of hydrogen-bond acceptors (Lipinski definition) is 7. The van der Waals surface area contributed by atoms with Crippen molar-refractivity contribution in [2.45, 2.75) is 37.7 Å². The monoisotopic (exact) mass is 532 g/mol. The number of halogens is 5. The highest BCUT2D eigenvalue weighted by molar-refractivity contribution is 5.64. The van der Waals surface area contributed by atoms with Crippen molar-refractivity contribution in [2.75, 3.05) is 43.4 Å². The van der Waals surface area contributed by atoms with Gasteiger partial charge in [0.25, 0.3) is 0 Å². The summed E-state index contributed by atoms with van der Waals surface area (Å²) in [7, 11) is 0. The number of rotatable bonds is 6. The lowest BCUT2D eigenvalue weighted by Gasteiger charge is -2.36. The molecule has 38 heavy (non-hydrogen) atoms. The van der Waals surface area contributed by atoms with E-state index in [1.807, 2.05) is 6.07 Å². The van der Waals surface area contributed by atoms with Crippen molar-refractivity contribution < 1.29 is 22.0 Å². The van der Waals surface area contributed by atoms with Gasteiger partial charge in [-0.3, -0.25) is 0 Å². The first-order chi connectivity index (χ1) is 18.2. The Kier molecular flexibility index (Phi) is 6.92. The van der Waals surface area contributed by atoms with Gasteiger partial charge in [-0.15, -0.1) is 0 Å².